The van der Waals surface area contributed by atoms with E-state index in [1.165, 1.54) is 6.08 Å². The molecule has 0 bridgehead atoms. The van der Waals surface area contributed by atoms with Crippen molar-refractivity contribution >= 4 is 29.6 Å². The number of nitrogens with one attached hydrogen (secondary N) is 1. The lowest BCUT2D eigenvalue weighted by atomic mass is 10.1. The topological polar surface area (TPSA) is 55.4 Å². The van der Waals surface area contributed by atoms with E-state index < -0.39 is 5.97 Å². The first kappa shape index (κ1) is 17.8. The first-order chi connectivity index (χ1) is 11.6. The van der Waals surface area contributed by atoms with Gasteiger partial charge in [0.05, 0.1) is 0 Å². The molecular weight excluding hydrogens is 326 g/mol. The van der Waals surface area contributed by atoms with Crippen LogP contribution in [0.15, 0.2) is 60.7 Å². The summed E-state index contributed by atoms with van der Waals surface area (Å²) < 4.78 is 4.89. The fourth-order valence-electron chi connectivity index (χ4n) is 1.96. The minimum absolute atomic E-state index is 0.293. The van der Waals surface area contributed by atoms with Gasteiger partial charge in [0.15, 0.2) is 6.61 Å². The minimum atomic E-state index is -0.549. The number of ether oxygens (including phenoxy) is 1. The Morgan fingerprint density at radius 1 is 1.04 bits per heavy atom. The Balaban J connectivity index is 1.64. The van der Waals surface area contributed by atoms with Gasteiger partial charge in [-0.05, 0) is 35.8 Å². The number of esters is 1. The third kappa shape index (κ3) is 6.67. The van der Waals surface area contributed by atoms with Crippen molar-refractivity contribution in [3.05, 3.63) is 76.8 Å². The van der Waals surface area contributed by atoms with Gasteiger partial charge in [0.25, 0.3) is 5.91 Å². The highest BCUT2D eigenvalue weighted by molar-refractivity contribution is 6.30. The number of hydrogen-bond donors (Lipinski definition) is 1. The predicted octanol–water partition coefficient (Wildman–Crippen LogP) is 3.26. The van der Waals surface area contributed by atoms with E-state index in [-0.39, 0.29) is 12.5 Å². The van der Waals surface area contributed by atoms with Gasteiger partial charge in [-0.15, -0.1) is 0 Å². The van der Waals surface area contributed by atoms with E-state index in [2.05, 4.69) is 5.32 Å². The van der Waals surface area contributed by atoms with Crippen LogP contribution in [0, 0.1) is 0 Å². The lowest BCUT2D eigenvalue weighted by Crippen LogP contribution is -2.30. The number of hydrogen-bond acceptors (Lipinski definition) is 3. The summed E-state index contributed by atoms with van der Waals surface area (Å²) >= 11 is 5.81. The van der Waals surface area contributed by atoms with Crippen molar-refractivity contribution in [1.29, 1.82) is 0 Å². The summed E-state index contributed by atoms with van der Waals surface area (Å²) in [7, 11) is 0. The Hall–Kier alpha value is -2.59. The molecule has 0 aliphatic carbocycles. The van der Waals surface area contributed by atoms with E-state index in [4.69, 9.17) is 16.3 Å². The molecule has 0 atom stereocenters. The smallest absolute Gasteiger partial charge is 0.331 e. The maximum Gasteiger partial charge on any atom is 0.331 e. The zero-order chi connectivity index (χ0) is 17.2. The van der Waals surface area contributed by atoms with Crippen LogP contribution in [0.5, 0.6) is 0 Å². The first-order valence-corrected chi connectivity index (χ1v) is 7.92. The number of amides is 1. The quantitative estimate of drug-likeness (QED) is 0.620. The normalized spacial score (nSPS) is 10.5. The van der Waals surface area contributed by atoms with Crippen molar-refractivity contribution < 1.29 is 14.3 Å². The molecule has 0 saturated heterocycles. The Morgan fingerprint density at radius 3 is 2.46 bits per heavy atom. The van der Waals surface area contributed by atoms with E-state index in [0.717, 1.165) is 11.1 Å². The van der Waals surface area contributed by atoms with Crippen molar-refractivity contribution in [3.63, 3.8) is 0 Å². The molecule has 0 aromatic heterocycles. The van der Waals surface area contributed by atoms with Gasteiger partial charge in [0.2, 0.25) is 0 Å². The van der Waals surface area contributed by atoms with Crippen molar-refractivity contribution in [2.24, 2.45) is 0 Å². The summed E-state index contributed by atoms with van der Waals surface area (Å²) in [5.41, 5.74) is 1.96. The summed E-state index contributed by atoms with van der Waals surface area (Å²) in [5.74, 6) is -0.878. The van der Waals surface area contributed by atoms with Crippen molar-refractivity contribution in [3.8, 4) is 0 Å². The van der Waals surface area contributed by atoms with Crippen LogP contribution in [0.1, 0.15) is 11.1 Å². The molecule has 0 spiro atoms. The predicted molar refractivity (Wildman–Crippen MR) is 94.6 cm³/mol. The van der Waals surface area contributed by atoms with E-state index in [1.54, 1.807) is 18.2 Å². The molecule has 24 heavy (non-hydrogen) atoms. The second kappa shape index (κ2) is 9.53. The fourth-order valence-corrected chi connectivity index (χ4v) is 2.09. The maximum absolute atomic E-state index is 11.6. The number of benzene rings is 2. The molecule has 4 nitrogen and oxygen atoms in total. The zero-order valence-corrected chi connectivity index (χ0v) is 13.8. The van der Waals surface area contributed by atoms with Crippen LogP contribution >= 0.6 is 11.6 Å². The molecule has 0 aliphatic rings. The van der Waals surface area contributed by atoms with Gasteiger partial charge < -0.3 is 10.1 Å². The molecule has 0 fully saturated rings. The third-order valence-corrected chi connectivity index (χ3v) is 3.46. The van der Waals surface area contributed by atoms with Crippen LogP contribution in [0.3, 0.4) is 0 Å². The average molecular weight is 344 g/mol. The van der Waals surface area contributed by atoms with E-state index >= 15 is 0 Å². The molecule has 5 heteroatoms. The molecule has 2 rings (SSSR count). The number of rotatable bonds is 7. The van der Waals surface area contributed by atoms with Gasteiger partial charge >= 0.3 is 5.97 Å². The van der Waals surface area contributed by atoms with Crippen LogP contribution < -0.4 is 5.32 Å². The largest absolute Gasteiger partial charge is 0.452 e. The lowest BCUT2D eigenvalue weighted by molar-refractivity contribution is -0.143. The third-order valence-electron chi connectivity index (χ3n) is 3.21. The molecule has 2 aromatic carbocycles. The molecule has 1 amide bonds. The molecule has 0 saturated carbocycles. The highest BCUT2D eigenvalue weighted by Crippen LogP contribution is 2.09. The Bertz CT molecular complexity index is 696. The highest BCUT2D eigenvalue weighted by atomic mass is 35.5. The van der Waals surface area contributed by atoms with Crippen molar-refractivity contribution in [2.45, 2.75) is 6.42 Å². The van der Waals surface area contributed by atoms with Crippen LogP contribution in [0.2, 0.25) is 5.02 Å². The van der Waals surface area contributed by atoms with Crippen LogP contribution in [0.25, 0.3) is 6.08 Å². The Labute approximate surface area is 146 Å². The Morgan fingerprint density at radius 2 is 1.75 bits per heavy atom. The summed E-state index contributed by atoms with van der Waals surface area (Å²) in [6, 6.07) is 16.8. The summed E-state index contributed by atoms with van der Waals surface area (Å²) in [6.45, 7) is 0.177. The van der Waals surface area contributed by atoms with Crippen molar-refractivity contribution in [2.75, 3.05) is 13.2 Å². The number of carbonyl (C=O) groups is 2. The molecule has 0 heterocycles. The van der Waals surface area contributed by atoms with E-state index in [9.17, 15) is 9.59 Å². The second-order valence-electron chi connectivity index (χ2n) is 5.08. The molecule has 1 N–H and O–H groups in total. The van der Waals surface area contributed by atoms with Crippen LogP contribution in [-0.4, -0.2) is 25.0 Å². The number of carbonyl (C=O) groups excluding carboxylic acids is 2. The van der Waals surface area contributed by atoms with Gasteiger partial charge in [0, 0.05) is 17.6 Å². The summed E-state index contributed by atoms with van der Waals surface area (Å²) in [4.78, 5) is 23.2. The standard InChI is InChI=1S/C19H18ClNO3/c20-17-9-6-16(7-10-17)12-13-21-18(22)14-24-19(23)11-8-15-4-2-1-3-5-15/h1-11H,12-14H2,(H,21,22)/b11-8+. The second-order valence-corrected chi connectivity index (χ2v) is 5.51. The number of halogens is 1. The van der Waals surface area contributed by atoms with E-state index in [0.29, 0.717) is 18.0 Å². The first-order valence-electron chi connectivity index (χ1n) is 7.54. The SMILES string of the molecule is O=C(COC(=O)/C=C/c1ccccc1)NCCc1ccc(Cl)cc1. The highest BCUT2D eigenvalue weighted by Gasteiger charge is 2.04. The van der Waals surface area contributed by atoms with Gasteiger partial charge in [-0.1, -0.05) is 54.1 Å². The zero-order valence-electron chi connectivity index (χ0n) is 13.1. The molecule has 0 aliphatic heterocycles. The lowest BCUT2D eigenvalue weighted by Gasteiger charge is -2.05. The van der Waals surface area contributed by atoms with Crippen molar-refractivity contribution in [1.82, 2.24) is 5.32 Å². The molecule has 124 valence electrons. The molecule has 2 aromatic rings. The summed E-state index contributed by atoms with van der Waals surface area (Å²) in [6.07, 6.45) is 3.63. The van der Waals surface area contributed by atoms with Gasteiger partial charge in [-0.3, -0.25) is 4.79 Å². The molecule has 0 radical (unpaired) electrons. The molecular formula is C19H18ClNO3. The fraction of sp³-hybridized carbons (Fsp3) is 0.158. The van der Waals surface area contributed by atoms with Gasteiger partial charge in [-0.25, -0.2) is 4.79 Å². The molecule has 0 unspecified atom stereocenters. The minimum Gasteiger partial charge on any atom is -0.452 e. The Kier molecular flexibility index (Phi) is 7.05. The van der Waals surface area contributed by atoms with Gasteiger partial charge in [-0.2, -0.15) is 0 Å². The van der Waals surface area contributed by atoms with Crippen LogP contribution in [0.4, 0.5) is 0 Å². The van der Waals surface area contributed by atoms with Gasteiger partial charge in [0.1, 0.15) is 0 Å². The maximum atomic E-state index is 11.6. The average Bonchev–Trinajstić information content (AvgIpc) is 2.61. The monoisotopic (exact) mass is 343 g/mol. The van der Waals surface area contributed by atoms with E-state index in [1.807, 2.05) is 42.5 Å². The van der Waals surface area contributed by atoms with Crippen LogP contribution in [-0.2, 0) is 20.7 Å². The summed E-state index contributed by atoms with van der Waals surface area (Å²) in [5, 5.41) is 3.38.